The molecule has 3 heteroatoms. The molecule has 2 nitrogen and oxygen atoms in total. The Morgan fingerprint density at radius 2 is 0.946 bits per heavy atom. The monoisotopic (exact) mass is 800 g/mol. The van der Waals surface area contributed by atoms with Crippen molar-refractivity contribution in [1.29, 1.82) is 0 Å². The molecule has 0 aliphatic carbocycles. The molecule has 0 atom stereocenters. The van der Waals surface area contributed by atoms with E-state index >= 15 is 0 Å². The molecule has 0 radical (unpaired) electrons. The summed E-state index contributed by atoms with van der Waals surface area (Å²) in [6, 6.07) is 41.8. The predicted molar refractivity (Wildman–Crippen MR) is 245 cm³/mol. The molecule has 8 aromatic rings. The van der Waals surface area contributed by atoms with Crippen molar-refractivity contribution in [2.24, 2.45) is 0 Å². The molecule has 0 amide bonds. The maximum absolute atomic E-state index is 5.70. The number of nitrogens with zero attached hydrogens (tertiary/aromatic N) is 1. The van der Waals surface area contributed by atoms with E-state index < -0.39 is 0 Å². The van der Waals surface area contributed by atoms with Crippen LogP contribution in [0.5, 0.6) is 0 Å². The fourth-order valence-corrected chi connectivity index (χ4v) is 9.70. The SMILES string of the molecule is CC(C)(C)c1ccc(-c2cc(-c3ccc(C(C)(C)C)cc3)cc(-c3nc(-c4cc(C(C)(C)C)cc5c4[nH]c4ccc(C(C)(C)C)cc45)cc4cc[se]c34)c2)cc1. The molecule has 56 heavy (non-hydrogen) atoms. The minimum atomic E-state index is -0.0367. The Kier molecular flexibility index (Phi) is 9.18. The first-order chi connectivity index (χ1) is 26.2. The zero-order chi connectivity index (χ0) is 39.9. The standard InChI is InChI=1S/C53H56N2Se/c1-50(2,3)38-17-13-32(14-18-38)35-25-36(33-15-19-39(20-16-33)51(4,5)6)27-37(26-35)47-49-34(23-24-56-49)28-46(55-47)44-31-41(53(10,11)12)30-43-42-29-40(52(7,8)9)21-22-45(42)54-48(43)44/h13-31,54H,1-12H3. The minimum absolute atomic E-state index is 0.0367. The van der Waals surface area contributed by atoms with Crippen LogP contribution in [0, 0.1) is 0 Å². The van der Waals surface area contributed by atoms with Crippen molar-refractivity contribution in [2.45, 2.75) is 105 Å². The van der Waals surface area contributed by atoms with E-state index in [2.05, 4.69) is 202 Å². The van der Waals surface area contributed by atoms with E-state index in [1.807, 2.05) is 0 Å². The Hall–Kier alpha value is -4.69. The summed E-state index contributed by atoms with van der Waals surface area (Å²) < 4.78 is 1.35. The Morgan fingerprint density at radius 1 is 0.446 bits per heavy atom. The fourth-order valence-electron chi connectivity index (χ4n) is 7.83. The van der Waals surface area contributed by atoms with Gasteiger partial charge in [-0.05, 0) is 0 Å². The van der Waals surface area contributed by atoms with E-state index in [0.29, 0.717) is 0 Å². The van der Waals surface area contributed by atoms with Gasteiger partial charge in [-0.25, -0.2) is 0 Å². The quantitative estimate of drug-likeness (QED) is 0.177. The van der Waals surface area contributed by atoms with Gasteiger partial charge in [0.25, 0.3) is 0 Å². The van der Waals surface area contributed by atoms with Gasteiger partial charge in [0.2, 0.25) is 0 Å². The number of hydrogen-bond acceptors (Lipinski definition) is 1. The van der Waals surface area contributed by atoms with Crippen LogP contribution in [-0.4, -0.2) is 24.5 Å². The average Bonchev–Trinajstić information content (AvgIpc) is 3.77. The summed E-state index contributed by atoms with van der Waals surface area (Å²) in [6.07, 6.45) is 0. The molecule has 0 aliphatic rings. The van der Waals surface area contributed by atoms with Gasteiger partial charge in [-0.15, -0.1) is 0 Å². The molecular weight excluding hydrogens is 744 g/mol. The van der Waals surface area contributed by atoms with Gasteiger partial charge >= 0.3 is 342 Å². The fraction of sp³-hybridized carbons (Fsp3) is 0.302. The van der Waals surface area contributed by atoms with Crippen LogP contribution < -0.4 is 0 Å². The van der Waals surface area contributed by atoms with Crippen LogP contribution in [0.1, 0.15) is 105 Å². The van der Waals surface area contributed by atoms with Crippen molar-refractivity contribution < 1.29 is 0 Å². The Morgan fingerprint density at radius 3 is 1.48 bits per heavy atom. The van der Waals surface area contributed by atoms with Crippen molar-refractivity contribution in [3.8, 4) is 44.8 Å². The summed E-state index contributed by atoms with van der Waals surface area (Å²) in [5.74, 6) is 0. The van der Waals surface area contributed by atoms with Gasteiger partial charge in [0, 0.05) is 0 Å². The Labute approximate surface area is 340 Å². The number of pyridine rings is 1. The number of nitrogens with one attached hydrogen (secondary N) is 1. The summed E-state index contributed by atoms with van der Waals surface area (Å²) in [7, 11) is 0. The van der Waals surface area contributed by atoms with Gasteiger partial charge < -0.3 is 0 Å². The molecule has 0 fully saturated rings. The van der Waals surface area contributed by atoms with E-state index in [4.69, 9.17) is 4.98 Å². The number of aromatic amines is 1. The van der Waals surface area contributed by atoms with E-state index in [1.165, 1.54) is 64.9 Å². The summed E-state index contributed by atoms with van der Waals surface area (Å²) in [4.78, 5) is 11.9. The van der Waals surface area contributed by atoms with E-state index in [0.717, 1.165) is 33.5 Å². The van der Waals surface area contributed by atoms with Crippen LogP contribution in [0.15, 0.2) is 114 Å². The zero-order valence-electron chi connectivity index (χ0n) is 35.3. The normalized spacial score (nSPS) is 13.0. The van der Waals surface area contributed by atoms with Crippen LogP contribution in [0.2, 0.25) is 0 Å². The van der Waals surface area contributed by atoms with Gasteiger partial charge in [-0.1, -0.05) is 0 Å². The Bertz CT molecular complexity index is 2670. The number of aromatic nitrogens is 2. The third-order valence-corrected chi connectivity index (χ3v) is 13.5. The summed E-state index contributed by atoms with van der Waals surface area (Å²) >= 11 is 0.197. The second-order valence-electron chi connectivity index (χ2n) is 20.0. The van der Waals surface area contributed by atoms with Gasteiger partial charge in [-0.2, -0.15) is 0 Å². The van der Waals surface area contributed by atoms with Crippen molar-refractivity contribution in [1.82, 2.24) is 9.97 Å². The third kappa shape index (κ3) is 7.21. The van der Waals surface area contributed by atoms with Gasteiger partial charge in [0.05, 0.1) is 0 Å². The molecular formula is C53H56N2Se. The summed E-state index contributed by atoms with van der Waals surface area (Å²) in [5, 5.41) is 3.82. The van der Waals surface area contributed by atoms with Crippen molar-refractivity contribution in [3.63, 3.8) is 0 Å². The maximum atomic E-state index is 5.70. The molecule has 0 saturated heterocycles. The third-order valence-electron chi connectivity index (χ3n) is 11.5. The summed E-state index contributed by atoms with van der Waals surface area (Å²) in [5.41, 5.74) is 17.1. The van der Waals surface area contributed by atoms with E-state index in [-0.39, 0.29) is 36.2 Å². The van der Waals surface area contributed by atoms with E-state index in [9.17, 15) is 0 Å². The predicted octanol–water partition coefficient (Wildman–Crippen LogP) is 14.8. The Balaban J connectivity index is 1.37. The molecule has 3 heterocycles. The molecule has 284 valence electrons. The number of hydrogen-bond donors (Lipinski definition) is 1. The molecule has 3 aromatic heterocycles. The van der Waals surface area contributed by atoms with Crippen LogP contribution >= 0.6 is 0 Å². The molecule has 0 unspecified atom stereocenters. The van der Waals surface area contributed by atoms with Crippen molar-refractivity contribution >= 4 is 46.0 Å². The van der Waals surface area contributed by atoms with Crippen LogP contribution in [0.25, 0.3) is 76.2 Å². The first kappa shape index (κ1) is 38.2. The molecule has 8 rings (SSSR count). The van der Waals surface area contributed by atoms with E-state index in [1.54, 1.807) is 0 Å². The zero-order valence-corrected chi connectivity index (χ0v) is 37.0. The molecule has 0 aliphatic heterocycles. The molecule has 0 spiro atoms. The van der Waals surface area contributed by atoms with Gasteiger partial charge in [0.1, 0.15) is 0 Å². The number of fused-ring (bicyclic) bond motifs is 4. The number of benzene rings is 5. The van der Waals surface area contributed by atoms with Crippen LogP contribution in [0.4, 0.5) is 0 Å². The second-order valence-corrected chi connectivity index (χ2v) is 21.9. The molecule has 1 N–H and O–H groups in total. The first-order valence-corrected chi connectivity index (χ1v) is 21.9. The van der Waals surface area contributed by atoms with Gasteiger partial charge in [0.15, 0.2) is 0 Å². The first-order valence-electron chi connectivity index (χ1n) is 20.1. The van der Waals surface area contributed by atoms with Crippen LogP contribution in [-0.2, 0) is 21.7 Å². The second kappa shape index (κ2) is 13.5. The molecule has 0 saturated carbocycles. The molecule has 5 aromatic carbocycles. The number of H-pyrrole nitrogens is 1. The van der Waals surface area contributed by atoms with Gasteiger partial charge in [-0.3, -0.25) is 0 Å². The topological polar surface area (TPSA) is 28.7 Å². The van der Waals surface area contributed by atoms with Crippen LogP contribution in [0.3, 0.4) is 0 Å². The average molecular weight is 800 g/mol. The molecule has 0 bridgehead atoms. The number of rotatable bonds is 4. The van der Waals surface area contributed by atoms with Crippen molar-refractivity contribution in [2.75, 3.05) is 0 Å². The van der Waals surface area contributed by atoms with Crippen molar-refractivity contribution in [3.05, 3.63) is 136 Å². The summed E-state index contributed by atoms with van der Waals surface area (Å²) in [6.45, 7) is 27.5.